The third-order valence-corrected chi connectivity index (χ3v) is 5.29. The van der Waals surface area contributed by atoms with E-state index in [0.29, 0.717) is 9.72 Å². The smallest absolute Gasteiger partial charge is 0.382 e. The van der Waals surface area contributed by atoms with Crippen molar-refractivity contribution in [3.05, 3.63) is 28.2 Å². The van der Waals surface area contributed by atoms with Crippen LogP contribution in [0, 0.1) is 0 Å². The number of hydrogen-bond acceptors (Lipinski definition) is 2. The van der Waals surface area contributed by atoms with Gasteiger partial charge in [0.1, 0.15) is 0 Å². The lowest BCUT2D eigenvalue weighted by Crippen LogP contribution is -2.28. The summed E-state index contributed by atoms with van der Waals surface area (Å²) in [6.45, 7) is 0. The van der Waals surface area contributed by atoms with Gasteiger partial charge in [-0.2, -0.15) is 24.9 Å². The molecule has 112 valence electrons. The Labute approximate surface area is 129 Å². The fraction of sp³-hybridized carbons (Fsp3) is 0.571. The SMILES string of the molecule is CSC1CCC(Nc2ccc(Br)cc2C(F)(F)F)CC1. The Morgan fingerprint density at radius 2 is 1.85 bits per heavy atom. The zero-order valence-corrected chi connectivity index (χ0v) is 13.5. The van der Waals surface area contributed by atoms with Crippen molar-refractivity contribution in [3.8, 4) is 0 Å². The van der Waals surface area contributed by atoms with Gasteiger partial charge in [0.25, 0.3) is 0 Å². The van der Waals surface area contributed by atoms with Crippen molar-refractivity contribution < 1.29 is 13.2 Å². The highest BCUT2D eigenvalue weighted by molar-refractivity contribution is 9.10. The normalized spacial score (nSPS) is 23.6. The second-order valence-electron chi connectivity index (χ2n) is 5.04. The predicted octanol–water partition coefficient (Wildman–Crippen LogP) is 5.55. The van der Waals surface area contributed by atoms with Gasteiger partial charge in [0.2, 0.25) is 0 Å². The van der Waals surface area contributed by atoms with Gasteiger partial charge in [0.15, 0.2) is 0 Å². The molecule has 0 spiro atoms. The van der Waals surface area contributed by atoms with Gasteiger partial charge in [-0.1, -0.05) is 15.9 Å². The van der Waals surface area contributed by atoms with E-state index in [2.05, 4.69) is 27.5 Å². The van der Waals surface area contributed by atoms with E-state index in [-0.39, 0.29) is 11.7 Å². The minimum Gasteiger partial charge on any atom is -0.382 e. The largest absolute Gasteiger partial charge is 0.418 e. The summed E-state index contributed by atoms with van der Waals surface area (Å²) in [5, 5.41) is 3.73. The van der Waals surface area contributed by atoms with Gasteiger partial charge in [-0.3, -0.25) is 0 Å². The third kappa shape index (κ3) is 4.07. The maximum Gasteiger partial charge on any atom is 0.418 e. The first-order valence-electron chi connectivity index (χ1n) is 6.56. The molecular weight excluding hydrogens is 351 g/mol. The van der Waals surface area contributed by atoms with Gasteiger partial charge >= 0.3 is 6.18 Å². The van der Waals surface area contributed by atoms with Crippen LogP contribution < -0.4 is 5.32 Å². The van der Waals surface area contributed by atoms with Crippen LogP contribution in [0.3, 0.4) is 0 Å². The molecule has 1 aromatic carbocycles. The highest BCUT2D eigenvalue weighted by Crippen LogP contribution is 2.38. The highest BCUT2D eigenvalue weighted by Gasteiger charge is 2.34. The molecule has 1 aliphatic carbocycles. The van der Waals surface area contributed by atoms with Crippen LogP contribution in [0.25, 0.3) is 0 Å². The Bertz CT molecular complexity index is 456. The minimum absolute atomic E-state index is 0.140. The van der Waals surface area contributed by atoms with Gasteiger partial charge in [-0.05, 0) is 50.1 Å². The Kier molecular flexibility index (Phi) is 5.29. The van der Waals surface area contributed by atoms with Gasteiger partial charge in [0, 0.05) is 21.5 Å². The third-order valence-electron chi connectivity index (χ3n) is 3.65. The molecule has 0 saturated heterocycles. The molecule has 2 rings (SSSR count). The number of thioether (sulfide) groups is 1. The van der Waals surface area contributed by atoms with Crippen LogP contribution in [0.15, 0.2) is 22.7 Å². The molecule has 0 unspecified atom stereocenters. The van der Waals surface area contributed by atoms with Crippen LogP contribution in [-0.4, -0.2) is 17.5 Å². The molecule has 0 atom stereocenters. The van der Waals surface area contributed by atoms with Crippen molar-refractivity contribution >= 4 is 33.4 Å². The van der Waals surface area contributed by atoms with Crippen molar-refractivity contribution in [1.82, 2.24) is 0 Å². The Morgan fingerprint density at radius 3 is 2.40 bits per heavy atom. The average molecular weight is 368 g/mol. The van der Waals surface area contributed by atoms with Crippen LogP contribution in [0.5, 0.6) is 0 Å². The fourth-order valence-electron chi connectivity index (χ4n) is 2.54. The average Bonchev–Trinajstić information content (AvgIpc) is 2.40. The van der Waals surface area contributed by atoms with E-state index < -0.39 is 11.7 Å². The summed E-state index contributed by atoms with van der Waals surface area (Å²) in [4.78, 5) is 0. The molecule has 6 heteroatoms. The van der Waals surface area contributed by atoms with Gasteiger partial charge in [-0.25, -0.2) is 0 Å². The number of benzene rings is 1. The second-order valence-corrected chi connectivity index (χ2v) is 7.10. The number of halogens is 4. The molecule has 0 radical (unpaired) electrons. The summed E-state index contributed by atoms with van der Waals surface area (Å²) in [6, 6.07) is 4.43. The van der Waals surface area contributed by atoms with E-state index in [0.717, 1.165) is 31.7 Å². The van der Waals surface area contributed by atoms with Crippen LogP contribution in [0.1, 0.15) is 31.2 Å². The number of nitrogens with one attached hydrogen (secondary N) is 1. The second kappa shape index (κ2) is 6.60. The Morgan fingerprint density at radius 1 is 1.20 bits per heavy atom. The highest BCUT2D eigenvalue weighted by atomic mass is 79.9. The van der Waals surface area contributed by atoms with Crippen LogP contribution >= 0.6 is 27.7 Å². The maximum atomic E-state index is 13.0. The predicted molar refractivity (Wildman–Crippen MR) is 82.3 cm³/mol. The van der Waals surface area contributed by atoms with E-state index in [9.17, 15) is 13.2 Å². The first kappa shape index (κ1) is 16.0. The lowest BCUT2D eigenvalue weighted by Gasteiger charge is -2.29. The van der Waals surface area contributed by atoms with Crippen molar-refractivity contribution in [3.63, 3.8) is 0 Å². The maximum absolute atomic E-state index is 13.0. The Balaban J connectivity index is 2.10. The molecular formula is C14H17BrF3NS. The molecule has 1 aliphatic rings. The number of anilines is 1. The molecule has 1 N–H and O–H groups in total. The molecule has 1 saturated carbocycles. The summed E-state index contributed by atoms with van der Waals surface area (Å²) >= 11 is 4.95. The van der Waals surface area contributed by atoms with Crippen molar-refractivity contribution in [2.45, 2.75) is 43.2 Å². The number of hydrogen-bond donors (Lipinski definition) is 1. The monoisotopic (exact) mass is 367 g/mol. The summed E-state index contributed by atoms with van der Waals surface area (Å²) in [7, 11) is 0. The molecule has 0 heterocycles. The van der Waals surface area contributed by atoms with E-state index in [1.807, 2.05) is 11.8 Å². The topological polar surface area (TPSA) is 12.0 Å². The molecule has 20 heavy (non-hydrogen) atoms. The fourth-order valence-corrected chi connectivity index (χ4v) is 3.64. The van der Waals surface area contributed by atoms with Gasteiger partial charge in [0.05, 0.1) is 5.56 Å². The molecule has 1 aromatic rings. The van der Waals surface area contributed by atoms with Crippen LogP contribution in [0.4, 0.5) is 18.9 Å². The summed E-state index contributed by atoms with van der Waals surface area (Å²) < 4.78 is 39.6. The molecule has 0 amide bonds. The first-order chi connectivity index (χ1) is 9.40. The standard InChI is InChI=1S/C14H17BrF3NS/c1-20-11-5-3-10(4-6-11)19-13-7-2-9(15)8-12(13)14(16,17)18/h2,7-8,10-11,19H,3-6H2,1H3. The number of alkyl halides is 3. The molecule has 1 fully saturated rings. The lowest BCUT2D eigenvalue weighted by molar-refractivity contribution is -0.137. The zero-order chi connectivity index (χ0) is 14.8. The van der Waals surface area contributed by atoms with E-state index in [1.54, 1.807) is 6.07 Å². The first-order valence-corrected chi connectivity index (χ1v) is 8.64. The van der Waals surface area contributed by atoms with E-state index in [1.165, 1.54) is 6.07 Å². The van der Waals surface area contributed by atoms with E-state index in [4.69, 9.17) is 0 Å². The minimum atomic E-state index is -4.33. The van der Waals surface area contributed by atoms with E-state index >= 15 is 0 Å². The van der Waals surface area contributed by atoms with Crippen LogP contribution in [0.2, 0.25) is 0 Å². The molecule has 0 bridgehead atoms. The lowest BCUT2D eigenvalue weighted by atomic mass is 9.94. The summed E-state index contributed by atoms with van der Waals surface area (Å²) in [5.74, 6) is 0. The van der Waals surface area contributed by atoms with Crippen molar-refractivity contribution in [1.29, 1.82) is 0 Å². The zero-order valence-electron chi connectivity index (χ0n) is 11.1. The quantitative estimate of drug-likeness (QED) is 0.750. The molecule has 0 aromatic heterocycles. The summed E-state index contributed by atoms with van der Waals surface area (Å²) in [5.41, 5.74) is -0.410. The van der Waals surface area contributed by atoms with Crippen LogP contribution in [-0.2, 0) is 6.18 Å². The summed E-state index contributed by atoms with van der Waals surface area (Å²) in [6.07, 6.45) is 1.75. The van der Waals surface area contributed by atoms with Crippen molar-refractivity contribution in [2.24, 2.45) is 0 Å². The molecule has 1 nitrogen and oxygen atoms in total. The van der Waals surface area contributed by atoms with Gasteiger partial charge < -0.3 is 5.32 Å². The van der Waals surface area contributed by atoms with Gasteiger partial charge in [-0.15, -0.1) is 0 Å². The molecule has 0 aliphatic heterocycles. The Hall–Kier alpha value is -0.360. The van der Waals surface area contributed by atoms with Crippen molar-refractivity contribution in [2.75, 3.05) is 11.6 Å². The number of rotatable bonds is 3.